The Labute approximate surface area is 194 Å². The fraction of sp³-hybridized carbons (Fsp3) is 0.190. The van der Waals surface area contributed by atoms with Gasteiger partial charge in [-0.3, -0.25) is 23.9 Å². The molecule has 0 aliphatic heterocycles. The van der Waals surface area contributed by atoms with Crippen molar-refractivity contribution in [2.45, 2.75) is 20.0 Å². The van der Waals surface area contributed by atoms with Crippen molar-refractivity contribution in [3.8, 4) is 0 Å². The minimum Gasteiger partial charge on any atom is -0.453 e. The van der Waals surface area contributed by atoms with Gasteiger partial charge in [0.05, 0.1) is 13.7 Å². The molecule has 3 heterocycles. The molecule has 2 N–H and O–H groups in total. The average Bonchev–Trinajstić information content (AvgIpc) is 3.47. The first-order valence-corrected chi connectivity index (χ1v) is 10.7. The zero-order chi connectivity index (χ0) is 24.4. The molecule has 4 aromatic rings. The third-order valence-electron chi connectivity index (χ3n) is 4.87. The maximum Gasteiger partial charge on any atom is 0.412 e. The van der Waals surface area contributed by atoms with Crippen molar-refractivity contribution in [2.75, 3.05) is 12.4 Å². The summed E-state index contributed by atoms with van der Waals surface area (Å²) < 4.78 is 24.8. The van der Waals surface area contributed by atoms with E-state index >= 15 is 0 Å². The number of aromatic nitrogens is 3. The quantitative estimate of drug-likeness (QED) is 0.425. The minimum atomic E-state index is -0.752. The Morgan fingerprint density at radius 1 is 1.24 bits per heavy atom. The topological polar surface area (TPSA) is 137 Å². The summed E-state index contributed by atoms with van der Waals surface area (Å²) in [4.78, 5) is 50.3. The molecule has 0 radical (unpaired) electrons. The average molecular weight is 487 g/mol. The Morgan fingerprint density at radius 3 is 2.68 bits per heavy atom. The number of fused-ring (bicyclic) bond motifs is 1. The van der Waals surface area contributed by atoms with Gasteiger partial charge in [0.15, 0.2) is 11.6 Å². The van der Waals surface area contributed by atoms with E-state index in [-0.39, 0.29) is 40.9 Å². The van der Waals surface area contributed by atoms with Crippen molar-refractivity contribution < 1.29 is 23.2 Å². The van der Waals surface area contributed by atoms with E-state index in [2.05, 4.69) is 20.5 Å². The summed E-state index contributed by atoms with van der Waals surface area (Å²) in [7, 11) is 1.19. The number of benzene rings is 1. The third kappa shape index (κ3) is 4.59. The molecular weight excluding hydrogens is 469 g/mol. The molecule has 0 saturated carbocycles. The summed E-state index contributed by atoms with van der Waals surface area (Å²) in [5.41, 5.74) is -0.242. The Balaban J connectivity index is 1.59. The van der Waals surface area contributed by atoms with Crippen LogP contribution in [0.4, 0.5) is 15.0 Å². The van der Waals surface area contributed by atoms with E-state index in [0.29, 0.717) is 10.4 Å². The summed E-state index contributed by atoms with van der Waals surface area (Å²) >= 11 is 1.01. The SMILES string of the molecule is COC(=O)Nc1cc(Cn2c(=O)c(C)c3sc(C(=O)NCc4ccc(F)cc4)cn3c2=O)on1. The summed E-state index contributed by atoms with van der Waals surface area (Å²) in [6, 6.07) is 7.05. The lowest BCUT2D eigenvalue weighted by atomic mass is 10.2. The van der Waals surface area contributed by atoms with Gasteiger partial charge in [0.25, 0.3) is 11.5 Å². The number of hydrogen-bond acceptors (Lipinski definition) is 8. The molecule has 11 nitrogen and oxygen atoms in total. The normalized spacial score (nSPS) is 10.9. The second kappa shape index (κ2) is 9.31. The van der Waals surface area contributed by atoms with E-state index in [1.807, 2.05) is 0 Å². The number of ether oxygens (including phenoxy) is 1. The molecule has 0 unspecified atom stereocenters. The summed E-state index contributed by atoms with van der Waals surface area (Å²) in [6.45, 7) is 1.48. The van der Waals surface area contributed by atoms with Gasteiger partial charge in [0.1, 0.15) is 15.5 Å². The molecule has 13 heteroatoms. The Bertz CT molecular complexity index is 1500. The minimum absolute atomic E-state index is 0.0587. The third-order valence-corrected chi connectivity index (χ3v) is 6.08. The smallest absolute Gasteiger partial charge is 0.412 e. The van der Waals surface area contributed by atoms with Crippen molar-refractivity contribution in [1.82, 2.24) is 19.4 Å². The van der Waals surface area contributed by atoms with Gasteiger partial charge in [0, 0.05) is 24.4 Å². The number of anilines is 1. The number of thiazole rings is 1. The first kappa shape index (κ1) is 22.9. The lowest BCUT2D eigenvalue weighted by Gasteiger charge is -2.05. The van der Waals surface area contributed by atoms with Crippen LogP contribution in [-0.4, -0.2) is 33.2 Å². The fourth-order valence-electron chi connectivity index (χ4n) is 3.14. The van der Waals surface area contributed by atoms with Crippen molar-refractivity contribution in [3.63, 3.8) is 0 Å². The molecule has 4 rings (SSSR count). The molecule has 2 amide bonds. The highest BCUT2D eigenvalue weighted by Crippen LogP contribution is 2.19. The molecule has 1 aromatic carbocycles. The standard InChI is InChI=1S/C21H18FN5O6S/c1-11-18(29)26(9-14-7-16(25-33-14)24-20(30)32-2)21(31)27-10-15(34-19(11)27)17(28)23-8-12-3-5-13(22)6-4-12/h3-7,10H,8-9H2,1-2H3,(H,23,28)(H,24,25,30). The van der Waals surface area contributed by atoms with Gasteiger partial charge in [-0.15, -0.1) is 11.3 Å². The maximum atomic E-state index is 13.0. The molecule has 3 aromatic heterocycles. The number of methoxy groups -OCH3 is 1. The molecule has 0 bridgehead atoms. The Hall–Kier alpha value is -4.26. The highest BCUT2D eigenvalue weighted by molar-refractivity contribution is 7.19. The highest BCUT2D eigenvalue weighted by atomic mass is 32.1. The van der Waals surface area contributed by atoms with Crippen LogP contribution in [0, 0.1) is 12.7 Å². The lowest BCUT2D eigenvalue weighted by molar-refractivity contribution is 0.0954. The monoisotopic (exact) mass is 487 g/mol. The Morgan fingerprint density at radius 2 is 1.97 bits per heavy atom. The zero-order valence-electron chi connectivity index (χ0n) is 18.0. The van der Waals surface area contributed by atoms with Crippen LogP contribution in [0.3, 0.4) is 0 Å². The molecule has 0 aliphatic rings. The van der Waals surface area contributed by atoms with Crippen LogP contribution in [0.15, 0.2) is 50.6 Å². The molecule has 34 heavy (non-hydrogen) atoms. The number of halogens is 1. The van der Waals surface area contributed by atoms with E-state index in [4.69, 9.17) is 4.52 Å². The van der Waals surface area contributed by atoms with Crippen LogP contribution >= 0.6 is 11.3 Å². The van der Waals surface area contributed by atoms with Gasteiger partial charge in [-0.2, -0.15) is 0 Å². The number of nitrogens with one attached hydrogen (secondary N) is 2. The van der Waals surface area contributed by atoms with Crippen LogP contribution in [0.2, 0.25) is 0 Å². The second-order valence-electron chi connectivity index (χ2n) is 7.17. The second-order valence-corrected chi connectivity index (χ2v) is 8.20. The molecular formula is C21H18FN5O6S. The van der Waals surface area contributed by atoms with Crippen LogP contribution in [0.1, 0.15) is 26.6 Å². The van der Waals surface area contributed by atoms with Gasteiger partial charge >= 0.3 is 11.8 Å². The predicted octanol–water partition coefficient (Wildman–Crippen LogP) is 2.11. The van der Waals surface area contributed by atoms with Gasteiger partial charge in [0.2, 0.25) is 0 Å². The number of amides is 2. The highest BCUT2D eigenvalue weighted by Gasteiger charge is 2.19. The number of rotatable bonds is 6. The van der Waals surface area contributed by atoms with Crippen molar-refractivity contribution in [1.29, 1.82) is 0 Å². The molecule has 0 saturated heterocycles. The van der Waals surface area contributed by atoms with Gasteiger partial charge in [-0.1, -0.05) is 17.3 Å². The number of carbonyl (C=O) groups excluding carboxylic acids is 2. The number of aryl methyl sites for hydroxylation is 1. The van der Waals surface area contributed by atoms with E-state index < -0.39 is 23.2 Å². The first-order chi connectivity index (χ1) is 16.3. The van der Waals surface area contributed by atoms with Crippen molar-refractivity contribution in [2.24, 2.45) is 0 Å². The van der Waals surface area contributed by atoms with E-state index in [0.717, 1.165) is 15.9 Å². The number of hydrogen-bond donors (Lipinski definition) is 2. The molecule has 0 atom stereocenters. The van der Waals surface area contributed by atoms with Crippen LogP contribution in [0.5, 0.6) is 0 Å². The zero-order valence-corrected chi connectivity index (χ0v) is 18.8. The predicted molar refractivity (Wildman–Crippen MR) is 120 cm³/mol. The van der Waals surface area contributed by atoms with Crippen LogP contribution in [0.25, 0.3) is 4.83 Å². The summed E-state index contributed by atoms with van der Waals surface area (Å²) in [6.07, 6.45) is 0.605. The largest absolute Gasteiger partial charge is 0.453 e. The lowest BCUT2D eigenvalue weighted by Crippen LogP contribution is -2.38. The van der Waals surface area contributed by atoms with Gasteiger partial charge in [-0.25, -0.2) is 14.0 Å². The van der Waals surface area contributed by atoms with Gasteiger partial charge < -0.3 is 14.6 Å². The van der Waals surface area contributed by atoms with E-state index in [1.165, 1.54) is 35.9 Å². The molecule has 176 valence electrons. The van der Waals surface area contributed by atoms with Gasteiger partial charge in [-0.05, 0) is 24.6 Å². The van der Waals surface area contributed by atoms with Crippen LogP contribution < -0.4 is 21.9 Å². The number of carbonyl (C=O) groups is 2. The van der Waals surface area contributed by atoms with Crippen molar-refractivity contribution >= 4 is 34.0 Å². The molecule has 0 aliphatic carbocycles. The fourth-order valence-corrected chi connectivity index (χ4v) is 4.14. The van der Waals surface area contributed by atoms with E-state index in [9.17, 15) is 23.6 Å². The van der Waals surface area contributed by atoms with Crippen molar-refractivity contribution in [3.05, 3.63) is 84.9 Å². The molecule has 0 fully saturated rings. The summed E-state index contributed by atoms with van der Waals surface area (Å²) in [5, 5.41) is 8.66. The Kier molecular flexibility index (Phi) is 6.27. The van der Waals surface area contributed by atoms with Crippen LogP contribution in [-0.2, 0) is 17.8 Å². The maximum absolute atomic E-state index is 13.0. The summed E-state index contributed by atoms with van der Waals surface area (Å²) in [5.74, 6) is -0.608. The van der Waals surface area contributed by atoms with E-state index in [1.54, 1.807) is 19.1 Å². The first-order valence-electron chi connectivity index (χ1n) is 9.85. The number of nitrogens with zero attached hydrogens (tertiary/aromatic N) is 3. The molecule has 0 spiro atoms.